The first-order valence-electron chi connectivity index (χ1n) is 11.1. The summed E-state index contributed by atoms with van der Waals surface area (Å²) in [5, 5.41) is 5.60. The summed E-state index contributed by atoms with van der Waals surface area (Å²) >= 11 is 0. The van der Waals surface area contributed by atoms with Gasteiger partial charge in [0.15, 0.2) is 0 Å². The van der Waals surface area contributed by atoms with Crippen molar-refractivity contribution in [1.29, 1.82) is 0 Å². The van der Waals surface area contributed by atoms with E-state index < -0.39 is 17.6 Å². The van der Waals surface area contributed by atoms with Crippen LogP contribution in [-0.2, 0) is 12.7 Å². The highest BCUT2D eigenvalue weighted by molar-refractivity contribution is 5.84. The molecular weight excluding hydrogens is 432 g/mol. The Hall–Kier alpha value is -3.13. The van der Waals surface area contributed by atoms with Gasteiger partial charge < -0.3 is 9.80 Å². The molecule has 8 heteroatoms. The Morgan fingerprint density at radius 3 is 2.48 bits per heavy atom. The van der Waals surface area contributed by atoms with E-state index in [-0.39, 0.29) is 5.56 Å². The summed E-state index contributed by atoms with van der Waals surface area (Å²) in [5.74, 6) is -0.878. The fraction of sp³-hybridized carbons (Fsp3) is 0.320. The molecule has 33 heavy (non-hydrogen) atoms. The summed E-state index contributed by atoms with van der Waals surface area (Å²) in [6.07, 6.45) is 5.21. The number of likely N-dealkylation sites (tertiary alicyclic amines) is 1. The third-order valence-corrected chi connectivity index (χ3v) is 6.33. The number of fused-ring (bicyclic) bond motifs is 1. The molecular formula is C25H24F4N4. The van der Waals surface area contributed by atoms with Gasteiger partial charge in [-0.05, 0) is 67.9 Å². The maximum Gasteiger partial charge on any atom is 0.416 e. The summed E-state index contributed by atoms with van der Waals surface area (Å²) in [6.45, 7) is 4.67. The molecule has 172 valence electrons. The van der Waals surface area contributed by atoms with Gasteiger partial charge in [-0.1, -0.05) is 12.1 Å². The number of halogens is 4. The van der Waals surface area contributed by atoms with Gasteiger partial charge in [0.05, 0.1) is 23.8 Å². The van der Waals surface area contributed by atoms with Crippen molar-refractivity contribution < 1.29 is 17.6 Å². The van der Waals surface area contributed by atoms with E-state index in [0.29, 0.717) is 18.2 Å². The Labute approximate surface area is 189 Å². The van der Waals surface area contributed by atoms with E-state index in [1.165, 1.54) is 18.9 Å². The summed E-state index contributed by atoms with van der Waals surface area (Å²) in [5.41, 5.74) is 1.80. The molecule has 2 aromatic carbocycles. The van der Waals surface area contributed by atoms with Gasteiger partial charge in [0.25, 0.3) is 0 Å². The van der Waals surface area contributed by atoms with Gasteiger partial charge in [0.1, 0.15) is 5.82 Å². The van der Waals surface area contributed by atoms with E-state index >= 15 is 0 Å². The predicted octanol–water partition coefficient (Wildman–Crippen LogP) is 5.71. The number of aromatic nitrogens is 2. The number of hydrogen-bond acceptors (Lipinski definition) is 3. The molecule has 2 aliphatic heterocycles. The van der Waals surface area contributed by atoms with Crippen molar-refractivity contribution >= 4 is 22.2 Å². The summed E-state index contributed by atoms with van der Waals surface area (Å²) in [7, 11) is 0. The summed E-state index contributed by atoms with van der Waals surface area (Å²) in [4.78, 5) is 4.47. The zero-order chi connectivity index (χ0) is 23.0. The standard InChI is InChI=1S/C25H24F4N4/c26-23-16-20(25(27,28)29)3-5-22(23)18-7-11-32(12-8-18)21-4-6-24-19(15-21)17-30-33(24)14-13-31-9-1-2-10-31/h3-8,11,15-17H,1-2,9-10,12-14H2. The minimum absolute atomic E-state index is 0.161. The fourth-order valence-corrected chi connectivity index (χ4v) is 4.49. The average Bonchev–Trinajstić information content (AvgIpc) is 3.46. The van der Waals surface area contributed by atoms with Crippen molar-refractivity contribution in [3.8, 4) is 0 Å². The normalized spacial score (nSPS) is 17.2. The SMILES string of the molecule is Fc1cc(C(F)(F)F)ccc1C1=CCN(c2ccc3c(cnn3CCN3CCCC3)c2)C=C1. The zero-order valence-electron chi connectivity index (χ0n) is 18.0. The van der Waals surface area contributed by atoms with Crippen LogP contribution < -0.4 is 4.90 Å². The third kappa shape index (κ3) is 4.53. The lowest BCUT2D eigenvalue weighted by molar-refractivity contribution is -0.137. The van der Waals surface area contributed by atoms with Gasteiger partial charge in [-0.25, -0.2) is 4.39 Å². The summed E-state index contributed by atoms with van der Waals surface area (Å²) in [6, 6.07) is 8.80. The number of benzene rings is 2. The molecule has 0 saturated carbocycles. The van der Waals surface area contributed by atoms with E-state index in [1.807, 2.05) is 34.1 Å². The van der Waals surface area contributed by atoms with Crippen LogP contribution in [0.2, 0.25) is 0 Å². The van der Waals surface area contributed by atoms with Crippen molar-refractivity contribution in [2.24, 2.45) is 0 Å². The quantitative estimate of drug-likeness (QED) is 0.460. The molecule has 0 bridgehead atoms. The second-order valence-electron chi connectivity index (χ2n) is 8.48. The molecule has 1 aromatic heterocycles. The van der Waals surface area contributed by atoms with Gasteiger partial charge >= 0.3 is 6.18 Å². The zero-order valence-corrected chi connectivity index (χ0v) is 18.0. The molecule has 0 radical (unpaired) electrons. The highest BCUT2D eigenvalue weighted by Crippen LogP contribution is 2.33. The van der Waals surface area contributed by atoms with Gasteiger partial charge in [-0.3, -0.25) is 4.68 Å². The largest absolute Gasteiger partial charge is 0.416 e. The maximum atomic E-state index is 14.3. The van der Waals surface area contributed by atoms with E-state index in [0.717, 1.165) is 48.8 Å². The number of anilines is 1. The Morgan fingerprint density at radius 2 is 1.79 bits per heavy atom. The Bertz CT molecular complexity index is 1220. The Kier molecular flexibility index (Phi) is 5.70. The molecule has 0 aliphatic carbocycles. The van der Waals surface area contributed by atoms with Crippen LogP contribution in [-0.4, -0.2) is 40.9 Å². The molecule has 1 saturated heterocycles. The van der Waals surface area contributed by atoms with Crippen molar-refractivity contribution in [1.82, 2.24) is 14.7 Å². The van der Waals surface area contributed by atoms with Crippen LogP contribution in [0.5, 0.6) is 0 Å². The third-order valence-electron chi connectivity index (χ3n) is 6.33. The Balaban J connectivity index is 1.28. The molecule has 0 atom stereocenters. The van der Waals surface area contributed by atoms with E-state index in [9.17, 15) is 17.6 Å². The molecule has 0 unspecified atom stereocenters. The summed E-state index contributed by atoms with van der Waals surface area (Å²) < 4.78 is 54.8. The van der Waals surface area contributed by atoms with Crippen LogP contribution in [0.25, 0.3) is 16.5 Å². The highest BCUT2D eigenvalue weighted by Gasteiger charge is 2.31. The molecule has 0 amide bonds. The average molecular weight is 456 g/mol. The number of nitrogens with zero attached hydrogens (tertiary/aromatic N) is 4. The second kappa shape index (κ2) is 8.67. The lowest BCUT2D eigenvalue weighted by Gasteiger charge is -2.23. The van der Waals surface area contributed by atoms with Crippen molar-refractivity contribution in [3.05, 3.63) is 77.9 Å². The molecule has 0 N–H and O–H groups in total. The molecule has 0 spiro atoms. The van der Waals surface area contributed by atoms with Gasteiger partial charge in [-0.15, -0.1) is 0 Å². The van der Waals surface area contributed by atoms with E-state index in [1.54, 1.807) is 6.08 Å². The molecule has 2 aliphatic rings. The first-order valence-corrected chi connectivity index (χ1v) is 11.1. The number of allylic oxidation sites excluding steroid dienone is 2. The van der Waals surface area contributed by atoms with Crippen molar-refractivity contribution in [2.45, 2.75) is 25.6 Å². The Morgan fingerprint density at radius 1 is 0.970 bits per heavy atom. The van der Waals surface area contributed by atoms with Crippen LogP contribution in [0.1, 0.15) is 24.0 Å². The van der Waals surface area contributed by atoms with Crippen LogP contribution in [0.3, 0.4) is 0 Å². The lowest BCUT2D eigenvalue weighted by Crippen LogP contribution is -2.24. The van der Waals surface area contributed by atoms with Crippen LogP contribution in [0.4, 0.5) is 23.2 Å². The maximum absolute atomic E-state index is 14.3. The first kappa shape index (κ1) is 21.7. The van der Waals surface area contributed by atoms with Crippen molar-refractivity contribution in [2.75, 3.05) is 31.1 Å². The van der Waals surface area contributed by atoms with Crippen LogP contribution in [0.15, 0.2) is 60.9 Å². The van der Waals surface area contributed by atoms with Crippen LogP contribution in [0, 0.1) is 5.82 Å². The van der Waals surface area contributed by atoms with Gasteiger partial charge in [-0.2, -0.15) is 18.3 Å². The van der Waals surface area contributed by atoms with Crippen molar-refractivity contribution in [3.63, 3.8) is 0 Å². The van der Waals surface area contributed by atoms with Gasteiger partial charge in [0.2, 0.25) is 0 Å². The van der Waals surface area contributed by atoms with E-state index in [4.69, 9.17) is 0 Å². The smallest absolute Gasteiger partial charge is 0.344 e. The topological polar surface area (TPSA) is 24.3 Å². The predicted molar refractivity (Wildman–Crippen MR) is 121 cm³/mol. The minimum Gasteiger partial charge on any atom is -0.344 e. The molecule has 1 fully saturated rings. The molecule has 3 heterocycles. The molecule has 4 nitrogen and oxygen atoms in total. The minimum atomic E-state index is -4.56. The highest BCUT2D eigenvalue weighted by atomic mass is 19.4. The number of rotatable bonds is 5. The monoisotopic (exact) mass is 456 g/mol. The molecule has 5 rings (SSSR count). The number of hydrogen-bond donors (Lipinski definition) is 0. The van der Waals surface area contributed by atoms with Crippen LogP contribution >= 0.6 is 0 Å². The van der Waals surface area contributed by atoms with Gasteiger partial charge in [0, 0.05) is 35.9 Å². The first-order chi connectivity index (χ1) is 15.9. The lowest BCUT2D eigenvalue weighted by atomic mass is 10.0. The fourth-order valence-electron chi connectivity index (χ4n) is 4.49. The number of alkyl halides is 3. The molecule has 3 aromatic rings. The second-order valence-corrected chi connectivity index (χ2v) is 8.48. The van der Waals surface area contributed by atoms with E-state index in [2.05, 4.69) is 22.1 Å².